The van der Waals surface area contributed by atoms with Crippen LogP contribution >= 0.6 is 11.3 Å². The molecule has 1 rings (SSSR count). The van der Waals surface area contributed by atoms with E-state index in [4.69, 9.17) is 4.74 Å². The molecule has 0 aliphatic heterocycles. The van der Waals surface area contributed by atoms with Gasteiger partial charge < -0.3 is 10.1 Å². The number of nitrogens with zero attached hydrogens (tertiary/aromatic N) is 1. The molecule has 1 aromatic rings. The van der Waals surface area contributed by atoms with Crippen molar-refractivity contribution in [2.45, 2.75) is 40.2 Å². The van der Waals surface area contributed by atoms with E-state index in [9.17, 15) is 0 Å². The summed E-state index contributed by atoms with van der Waals surface area (Å²) >= 11 is 1.70. The fourth-order valence-corrected chi connectivity index (χ4v) is 2.21. The van der Waals surface area contributed by atoms with Crippen molar-refractivity contribution in [3.63, 3.8) is 0 Å². The molecule has 0 radical (unpaired) electrons. The molecule has 1 N–H and O–H groups in total. The number of hydrogen-bond donors (Lipinski definition) is 1. The van der Waals surface area contributed by atoms with E-state index in [-0.39, 0.29) is 0 Å². The summed E-state index contributed by atoms with van der Waals surface area (Å²) in [6.07, 6.45) is 2.08. The van der Waals surface area contributed by atoms with Gasteiger partial charge in [-0.2, -0.15) is 0 Å². The minimum absolute atomic E-state index is 0.665. The molecule has 0 aliphatic rings. The highest BCUT2D eigenvalue weighted by Gasteiger charge is 2.02. The van der Waals surface area contributed by atoms with Crippen molar-refractivity contribution in [1.29, 1.82) is 0 Å². The fraction of sp³-hybridized carbons (Fsp3) is 0.769. The molecule has 0 spiro atoms. The number of hydrogen-bond acceptors (Lipinski definition) is 4. The molecule has 0 unspecified atom stereocenters. The van der Waals surface area contributed by atoms with E-state index >= 15 is 0 Å². The summed E-state index contributed by atoms with van der Waals surface area (Å²) in [5.74, 6) is 0.712. The highest BCUT2D eigenvalue weighted by molar-refractivity contribution is 7.09. The van der Waals surface area contributed by atoms with Gasteiger partial charge in [0.15, 0.2) is 0 Å². The lowest BCUT2D eigenvalue weighted by Crippen LogP contribution is -2.22. The molecule has 17 heavy (non-hydrogen) atoms. The fourth-order valence-electron chi connectivity index (χ4n) is 1.44. The van der Waals surface area contributed by atoms with Crippen LogP contribution in [0, 0.1) is 5.92 Å². The second-order valence-electron chi connectivity index (χ2n) is 4.63. The zero-order valence-corrected chi connectivity index (χ0v) is 12.0. The number of ether oxygens (including phenoxy) is 1. The second-order valence-corrected chi connectivity index (χ2v) is 5.58. The number of nitrogens with one attached hydrogen (secondary N) is 1. The first-order chi connectivity index (χ1) is 8.22. The molecule has 4 heteroatoms. The van der Waals surface area contributed by atoms with Gasteiger partial charge in [-0.1, -0.05) is 20.8 Å². The van der Waals surface area contributed by atoms with Gasteiger partial charge in [-0.3, -0.25) is 0 Å². The maximum absolute atomic E-state index is 5.47. The SMILES string of the molecule is CCCOCc1nc(CCNCC(C)C)cs1. The van der Waals surface area contributed by atoms with E-state index in [1.165, 1.54) is 5.69 Å². The summed E-state index contributed by atoms with van der Waals surface area (Å²) in [6.45, 7) is 10.1. The third-order valence-corrected chi connectivity index (χ3v) is 3.15. The molecule has 0 saturated carbocycles. The van der Waals surface area contributed by atoms with Gasteiger partial charge in [-0.05, 0) is 18.9 Å². The number of aromatic nitrogens is 1. The van der Waals surface area contributed by atoms with E-state index in [0.29, 0.717) is 12.5 Å². The van der Waals surface area contributed by atoms with Gasteiger partial charge in [0.1, 0.15) is 5.01 Å². The van der Waals surface area contributed by atoms with E-state index in [2.05, 4.69) is 36.5 Å². The molecular formula is C13H24N2OS. The van der Waals surface area contributed by atoms with Crippen LogP contribution in [0.5, 0.6) is 0 Å². The standard InChI is InChI=1S/C13H24N2OS/c1-4-7-16-9-13-15-12(10-17-13)5-6-14-8-11(2)3/h10-11,14H,4-9H2,1-3H3. The van der Waals surface area contributed by atoms with Gasteiger partial charge in [-0.15, -0.1) is 11.3 Å². The molecule has 0 amide bonds. The molecule has 1 aromatic heterocycles. The van der Waals surface area contributed by atoms with Crippen molar-refractivity contribution in [2.24, 2.45) is 5.92 Å². The van der Waals surface area contributed by atoms with Crippen LogP contribution in [0.15, 0.2) is 5.38 Å². The maximum atomic E-state index is 5.47. The summed E-state index contributed by atoms with van der Waals surface area (Å²) in [5, 5.41) is 6.66. The van der Waals surface area contributed by atoms with Crippen LogP contribution in [0.3, 0.4) is 0 Å². The predicted octanol–water partition coefficient (Wildman–Crippen LogP) is 2.86. The average Bonchev–Trinajstić information content (AvgIpc) is 2.73. The summed E-state index contributed by atoms with van der Waals surface area (Å²) in [7, 11) is 0. The Morgan fingerprint density at radius 3 is 3.00 bits per heavy atom. The summed E-state index contributed by atoms with van der Waals surface area (Å²) in [5.41, 5.74) is 1.18. The van der Waals surface area contributed by atoms with Crippen LogP contribution in [-0.2, 0) is 17.8 Å². The van der Waals surface area contributed by atoms with Gasteiger partial charge in [0.25, 0.3) is 0 Å². The van der Waals surface area contributed by atoms with Gasteiger partial charge in [0.05, 0.1) is 12.3 Å². The third kappa shape index (κ3) is 6.76. The Balaban J connectivity index is 2.16. The molecule has 0 fully saturated rings. The van der Waals surface area contributed by atoms with Crippen LogP contribution in [0.1, 0.15) is 37.9 Å². The minimum atomic E-state index is 0.665. The largest absolute Gasteiger partial charge is 0.374 e. The molecular weight excluding hydrogens is 232 g/mol. The Morgan fingerprint density at radius 1 is 1.47 bits per heavy atom. The Hall–Kier alpha value is -0.450. The molecule has 0 saturated heterocycles. The summed E-state index contributed by atoms with van der Waals surface area (Å²) in [4.78, 5) is 4.55. The van der Waals surface area contributed by atoms with E-state index in [1.54, 1.807) is 11.3 Å². The van der Waals surface area contributed by atoms with Gasteiger partial charge in [-0.25, -0.2) is 4.98 Å². The van der Waals surface area contributed by atoms with Crippen molar-refractivity contribution in [2.75, 3.05) is 19.7 Å². The Kier molecular flexibility index (Phi) is 7.40. The Bertz CT molecular complexity index is 299. The molecule has 0 bridgehead atoms. The number of thiazole rings is 1. The first-order valence-corrected chi connectivity index (χ1v) is 7.32. The quantitative estimate of drug-likeness (QED) is 0.690. The monoisotopic (exact) mass is 256 g/mol. The van der Waals surface area contributed by atoms with E-state index in [1.807, 2.05) is 0 Å². The maximum Gasteiger partial charge on any atom is 0.119 e. The zero-order valence-electron chi connectivity index (χ0n) is 11.2. The van der Waals surface area contributed by atoms with Crippen LogP contribution in [-0.4, -0.2) is 24.7 Å². The number of rotatable bonds is 9. The molecule has 0 aliphatic carbocycles. The van der Waals surface area contributed by atoms with Gasteiger partial charge in [0.2, 0.25) is 0 Å². The van der Waals surface area contributed by atoms with E-state index < -0.39 is 0 Å². The predicted molar refractivity (Wildman–Crippen MR) is 73.5 cm³/mol. The van der Waals surface area contributed by atoms with Crippen LogP contribution in [0.2, 0.25) is 0 Å². The minimum Gasteiger partial charge on any atom is -0.374 e. The molecule has 0 aromatic carbocycles. The average molecular weight is 256 g/mol. The first-order valence-electron chi connectivity index (χ1n) is 6.44. The van der Waals surface area contributed by atoms with Gasteiger partial charge in [0, 0.05) is 25.0 Å². The molecule has 0 atom stereocenters. The summed E-state index contributed by atoms with van der Waals surface area (Å²) in [6, 6.07) is 0. The first kappa shape index (κ1) is 14.6. The van der Waals surface area contributed by atoms with Crippen molar-refractivity contribution in [1.82, 2.24) is 10.3 Å². The smallest absolute Gasteiger partial charge is 0.119 e. The van der Waals surface area contributed by atoms with Crippen molar-refractivity contribution in [3.05, 3.63) is 16.1 Å². The van der Waals surface area contributed by atoms with Crippen LogP contribution < -0.4 is 5.32 Å². The Labute approximate surface area is 109 Å². The highest BCUT2D eigenvalue weighted by Crippen LogP contribution is 2.11. The second kappa shape index (κ2) is 8.61. The van der Waals surface area contributed by atoms with Crippen LogP contribution in [0.4, 0.5) is 0 Å². The topological polar surface area (TPSA) is 34.1 Å². The highest BCUT2D eigenvalue weighted by atomic mass is 32.1. The normalized spacial score (nSPS) is 11.3. The van der Waals surface area contributed by atoms with Crippen LogP contribution in [0.25, 0.3) is 0 Å². The molecule has 98 valence electrons. The van der Waals surface area contributed by atoms with Crippen molar-refractivity contribution in [3.8, 4) is 0 Å². The van der Waals surface area contributed by atoms with Crippen molar-refractivity contribution < 1.29 is 4.74 Å². The summed E-state index contributed by atoms with van der Waals surface area (Å²) < 4.78 is 5.47. The lowest BCUT2D eigenvalue weighted by molar-refractivity contribution is 0.121. The lowest BCUT2D eigenvalue weighted by atomic mass is 10.2. The zero-order chi connectivity index (χ0) is 12.5. The third-order valence-electron chi connectivity index (χ3n) is 2.28. The van der Waals surface area contributed by atoms with E-state index in [0.717, 1.165) is 37.5 Å². The molecule has 3 nitrogen and oxygen atoms in total. The van der Waals surface area contributed by atoms with Gasteiger partial charge >= 0.3 is 0 Å². The lowest BCUT2D eigenvalue weighted by Gasteiger charge is -2.05. The Morgan fingerprint density at radius 2 is 2.29 bits per heavy atom. The van der Waals surface area contributed by atoms with Crippen molar-refractivity contribution >= 4 is 11.3 Å². The molecule has 1 heterocycles.